The van der Waals surface area contributed by atoms with Crippen LogP contribution in [0.5, 0.6) is 5.75 Å². The van der Waals surface area contributed by atoms with Gasteiger partial charge in [-0.3, -0.25) is 4.79 Å². The molecule has 152 valence electrons. The van der Waals surface area contributed by atoms with Crippen molar-refractivity contribution < 1.29 is 32.2 Å². The first kappa shape index (κ1) is 20.9. The maximum Gasteiger partial charge on any atom is 0.429 e. The molecule has 0 aliphatic carbocycles. The van der Waals surface area contributed by atoms with Crippen LogP contribution >= 0.6 is 11.6 Å². The van der Waals surface area contributed by atoms with Gasteiger partial charge in [0.2, 0.25) is 6.10 Å². The lowest BCUT2D eigenvalue weighted by molar-refractivity contribution is -0.185. The highest BCUT2D eigenvalue weighted by Crippen LogP contribution is 2.44. The molecule has 0 N–H and O–H groups in total. The molecule has 3 rings (SSSR count). The number of hydrogen-bond donors (Lipinski definition) is 0. The number of Topliss-reactive ketones (excluding diaryl/α,β-unsaturated/α-hetero) is 1. The van der Waals surface area contributed by atoms with Crippen LogP contribution in [0.2, 0.25) is 5.02 Å². The number of esters is 1. The smallest absolute Gasteiger partial charge is 0.429 e. The second-order valence-electron chi connectivity index (χ2n) is 6.38. The Morgan fingerprint density at radius 2 is 1.83 bits per heavy atom. The highest BCUT2D eigenvalue weighted by molar-refractivity contribution is 6.42. The van der Waals surface area contributed by atoms with E-state index >= 15 is 0 Å². The first-order valence-electron chi connectivity index (χ1n) is 8.66. The summed E-state index contributed by atoms with van der Waals surface area (Å²) in [5.74, 6) is -2.90. The zero-order valence-electron chi connectivity index (χ0n) is 15.5. The molecular weight excluding hydrogens is 409 g/mol. The number of carbonyl (C=O) groups excluding carboxylic acids is 2. The second-order valence-corrected chi connectivity index (χ2v) is 6.82. The highest BCUT2D eigenvalue weighted by atomic mass is 35.5. The average Bonchev–Trinajstić information content (AvgIpc) is 2.70. The number of rotatable bonds is 4. The van der Waals surface area contributed by atoms with Crippen molar-refractivity contribution in [2.45, 2.75) is 25.6 Å². The highest BCUT2D eigenvalue weighted by Gasteiger charge is 2.49. The molecule has 0 saturated heterocycles. The molecule has 1 atom stereocenters. The van der Waals surface area contributed by atoms with Crippen LogP contribution in [0, 0.1) is 0 Å². The summed E-state index contributed by atoms with van der Waals surface area (Å²) in [6.45, 7) is 1.98. The molecule has 0 unspecified atom stereocenters. The quantitative estimate of drug-likeness (QED) is 0.511. The number of fused-ring (bicyclic) bond motifs is 1. The van der Waals surface area contributed by atoms with E-state index in [2.05, 4.69) is 4.74 Å². The summed E-state index contributed by atoms with van der Waals surface area (Å²) in [6, 6.07) is 10.1. The van der Waals surface area contributed by atoms with Gasteiger partial charge in [-0.25, -0.2) is 4.79 Å². The van der Waals surface area contributed by atoms with Crippen molar-refractivity contribution in [3.63, 3.8) is 0 Å². The summed E-state index contributed by atoms with van der Waals surface area (Å²) in [5.41, 5.74) is 1.33. The van der Waals surface area contributed by atoms with E-state index in [1.54, 1.807) is 12.1 Å². The van der Waals surface area contributed by atoms with E-state index in [0.29, 0.717) is 11.1 Å². The number of ether oxygens (including phenoxy) is 2. The van der Waals surface area contributed by atoms with E-state index in [0.717, 1.165) is 25.2 Å². The summed E-state index contributed by atoms with van der Waals surface area (Å²) in [4.78, 5) is 23.7. The van der Waals surface area contributed by atoms with Crippen molar-refractivity contribution in [3.05, 3.63) is 58.1 Å². The number of aryl methyl sites for hydroxylation is 1. The fourth-order valence-electron chi connectivity index (χ4n) is 3.05. The molecule has 0 radical (unpaired) electrons. The van der Waals surface area contributed by atoms with Crippen LogP contribution in [-0.4, -0.2) is 31.1 Å². The first-order chi connectivity index (χ1) is 13.7. The van der Waals surface area contributed by atoms with E-state index in [-0.39, 0.29) is 16.3 Å². The number of hydrogen-bond acceptors (Lipinski definition) is 4. The van der Waals surface area contributed by atoms with E-state index in [4.69, 9.17) is 16.3 Å². The lowest BCUT2D eigenvalue weighted by atomic mass is 9.93. The van der Waals surface area contributed by atoms with Gasteiger partial charge < -0.3 is 9.47 Å². The van der Waals surface area contributed by atoms with Crippen molar-refractivity contribution in [1.29, 1.82) is 0 Å². The molecule has 4 nitrogen and oxygen atoms in total. The Morgan fingerprint density at radius 3 is 2.38 bits per heavy atom. The van der Waals surface area contributed by atoms with Gasteiger partial charge in [-0.2, -0.15) is 13.2 Å². The Hall–Kier alpha value is -2.80. The number of alkyl halides is 3. The summed E-state index contributed by atoms with van der Waals surface area (Å²) >= 11 is 6.15. The summed E-state index contributed by atoms with van der Waals surface area (Å²) < 4.78 is 50.4. The standard InChI is InChI=1S/C21H16ClF3O4/c1-3-11-4-6-12(7-5-11)15-10-14(22)8-13-9-16(17(26)20(27)28-2)19(21(23,24)25)29-18(13)15/h4-10,19H,3H2,1-2H3/t19-/m0/s1. The number of carbonyl (C=O) groups is 2. The van der Waals surface area contributed by atoms with Crippen LogP contribution in [0.15, 0.2) is 42.0 Å². The second kappa shape index (κ2) is 7.91. The minimum atomic E-state index is -4.92. The lowest BCUT2D eigenvalue weighted by Crippen LogP contribution is -2.42. The third-order valence-corrected chi connectivity index (χ3v) is 4.73. The van der Waals surface area contributed by atoms with E-state index < -0.39 is 29.6 Å². The monoisotopic (exact) mass is 424 g/mol. The molecule has 29 heavy (non-hydrogen) atoms. The summed E-state index contributed by atoms with van der Waals surface area (Å²) in [5, 5.41) is 0.244. The SMILES string of the molecule is CCc1ccc(-c2cc(Cl)cc3c2O[C@H](C(F)(F)F)C(C(=O)C(=O)OC)=C3)cc1. The first-order valence-corrected chi connectivity index (χ1v) is 9.04. The minimum Gasteiger partial charge on any atom is -0.475 e. The number of halogens is 4. The molecule has 0 fully saturated rings. The van der Waals surface area contributed by atoms with Gasteiger partial charge in [0, 0.05) is 16.1 Å². The predicted molar refractivity (Wildman–Crippen MR) is 102 cm³/mol. The normalized spacial score (nSPS) is 15.8. The van der Waals surface area contributed by atoms with Gasteiger partial charge in [-0.15, -0.1) is 0 Å². The summed E-state index contributed by atoms with van der Waals surface area (Å²) in [6.07, 6.45) is -5.73. The number of ketones is 1. The van der Waals surface area contributed by atoms with Crippen molar-refractivity contribution in [2.24, 2.45) is 0 Å². The van der Waals surface area contributed by atoms with Gasteiger partial charge >= 0.3 is 12.1 Å². The van der Waals surface area contributed by atoms with Crippen LogP contribution < -0.4 is 4.74 Å². The molecule has 1 aliphatic heterocycles. The molecule has 8 heteroatoms. The Balaban J connectivity index is 2.19. The van der Waals surface area contributed by atoms with Gasteiger partial charge in [0.25, 0.3) is 5.78 Å². The number of methoxy groups -OCH3 is 1. The Kier molecular flexibility index (Phi) is 5.71. The van der Waals surface area contributed by atoms with Crippen LogP contribution in [0.3, 0.4) is 0 Å². The topological polar surface area (TPSA) is 52.6 Å². The van der Waals surface area contributed by atoms with Gasteiger partial charge in [-0.05, 0) is 35.8 Å². The fraction of sp³-hybridized carbons (Fsp3) is 0.238. The molecule has 0 aromatic heterocycles. The Labute approximate surface area is 169 Å². The molecule has 2 aromatic rings. The van der Waals surface area contributed by atoms with Gasteiger partial charge in [-0.1, -0.05) is 42.8 Å². The van der Waals surface area contributed by atoms with Gasteiger partial charge in [0.05, 0.1) is 12.7 Å². The molecule has 0 saturated carbocycles. The van der Waals surface area contributed by atoms with Crippen molar-refractivity contribution in [2.75, 3.05) is 7.11 Å². The van der Waals surface area contributed by atoms with Crippen LogP contribution in [-0.2, 0) is 20.7 Å². The van der Waals surface area contributed by atoms with E-state index in [1.165, 1.54) is 12.1 Å². The zero-order valence-corrected chi connectivity index (χ0v) is 16.2. The average molecular weight is 425 g/mol. The van der Waals surface area contributed by atoms with Gasteiger partial charge in [0.15, 0.2) is 0 Å². The summed E-state index contributed by atoms with van der Waals surface area (Å²) in [7, 11) is 0.913. The van der Waals surface area contributed by atoms with Crippen molar-refractivity contribution in [1.82, 2.24) is 0 Å². The van der Waals surface area contributed by atoms with E-state index in [1.807, 2.05) is 19.1 Å². The van der Waals surface area contributed by atoms with Gasteiger partial charge in [0.1, 0.15) is 5.75 Å². The Morgan fingerprint density at radius 1 is 1.17 bits per heavy atom. The molecule has 0 amide bonds. The number of benzene rings is 2. The van der Waals surface area contributed by atoms with Crippen molar-refractivity contribution >= 4 is 29.4 Å². The van der Waals surface area contributed by atoms with Crippen LogP contribution in [0.25, 0.3) is 17.2 Å². The molecule has 0 bridgehead atoms. The van der Waals surface area contributed by atoms with E-state index in [9.17, 15) is 22.8 Å². The maximum atomic E-state index is 13.6. The maximum absolute atomic E-state index is 13.6. The Bertz CT molecular complexity index is 994. The molecule has 1 aliphatic rings. The molecule has 1 heterocycles. The van der Waals surface area contributed by atoms with Crippen LogP contribution in [0.4, 0.5) is 13.2 Å². The minimum absolute atomic E-state index is 0.0672. The molecule has 0 spiro atoms. The molecular formula is C21H16ClF3O4. The third kappa shape index (κ3) is 4.15. The molecule has 2 aromatic carbocycles. The van der Waals surface area contributed by atoms with Crippen molar-refractivity contribution in [3.8, 4) is 16.9 Å². The third-order valence-electron chi connectivity index (χ3n) is 4.52. The largest absolute Gasteiger partial charge is 0.475 e. The lowest BCUT2D eigenvalue weighted by Gasteiger charge is -2.29. The van der Waals surface area contributed by atoms with Crippen LogP contribution in [0.1, 0.15) is 18.1 Å². The predicted octanol–water partition coefficient (Wildman–Crippen LogP) is 5.02. The fourth-order valence-corrected chi connectivity index (χ4v) is 3.28. The zero-order chi connectivity index (χ0) is 21.3.